The van der Waals surface area contributed by atoms with E-state index in [2.05, 4.69) is 11.1 Å². The van der Waals surface area contributed by atoms with Crippen molar-refractivity contribution in [2.45, 2.75) is 0 Å². The third-order valence-electron chi connectivity index (χ3n) is 5.07. The Bertz CT molecular complexity index is 1380. The van der Waals surface area contributed by atoms with Gasteiger partial charge in [-0.15, -0.1) is 0 Å². The van der Waals surface area contributed by atoms with E-state index in [1.807, 2.05) is 77.3 Å². The Morgan fingerprint density at radius 2 is 1.57 bits per heavy atom. The van der Waals surface area contributed by atoms with E-state index in [1.54, 1.807) is 14.2 Å². The van der Waals surface area contributed by atoms with Gasteiger partial charge in [0.05, 0.1) is 25.3 Å². The molecule has 0 spiro atoms. The van der Waals surface area contributed by atoms with Crippen molar-refractivity contribution in [3.63, 3.8) is 0 Å². The highest BCUT2D eigenvalue weighted by molar-refractivity contribution is 5.91. The smallest absolute Gasteiger partial charge is 0.214 e. The molecule has 0 atom stereocenters. The molecule has 6 heteroatoms. The number of aromatic amines is 1. The first-order valence-electron chi connectivity index (χ1n) is 9.60. The molecule has 0 aliphatic carbocycles. The normalized spacial score (nSPS) is 11.5. The van der Waals surface area contributed by atoms with Crippen molar-refractivity contribution in [1.82, 2.24) is 14.4 Å². The largest absolute Gasteiger partial charge is 0.496 e. The van der Waals surface area contributed by atoms with E-state index in [0.717, 1.165) is 50.9 Å². The number of H-pyrrole nitrogens is 1. The van der Waals surface area contributed by atoms with Crippen LogP contribution >= 0.6 is 0 Å². The molecule has 30 heavy (non-hydrogen) atoms. The van der Waals surface area contributed by atoms with E-state index in [9.17, 15) is 0 Å². The molecule has 0 saturated heterocycles. The van der Waals surface area contributed by atoms with Gasteiger partial charge in [-0.1, -0.05) is 36.4 Å². The minimum Gasteiger partial charge on any atom is -0.496 e. The monoisotopic (exact) mass is 396 g/mol. The van der Waals surface area contributed by atoms with Crippen LogP contribution in [0.4, 0.5) is 5.82 Å². The van der Waals surface area contributed by atoms with Crippen LogP contribution in [0, 0.1) is 0 Å². The van der Waals surface area contributed by atoms with Crippen molar-refractivity contribution in [2.75, 3.05) is 14.2 Å². The number of nitrogens with one attached hydrogen (secondary N) is 1. The van der Waals surface area contributed by atoms with E-state index in [4.69, 9.17) is 19.5 Å². The van der Waals surface area contributed by atoms with Gasteiger partial charge in [0.25, 0.3) is 0 Å². The molecular formula is C24H20N4O2. The standard InChI is InChI=1S/C24H20N4O2/c1-29-20-13-7-3-9-16(20)15-25-23-22(17-10-4-8-14-21(17)30-2)27-24-26-18-11-5-6-12-19(18)28(23)24/h3-15H,1-2H3,(H,26,27)/b25-15+. The van der Waals surface area contributed by atoms with Crippen LogP contribution in [0.2, 0.25) is 0 Å². The number of aromatic nitrogens is 3. The summed E-state index contributed by atoms with van der Waals surface area (Å²) >= 11 is 0. The van der Waals surface area contributed by atoms with E-state index in [-0.39, 0.29) is 0 Å². The third-order valence-corrected chi connectivity index (χ3v) is 5.07. The number of methoxy groups -OCH3 is 2. The van der Waals surface area contributed by atoms with Gasteiger partial charge in [-0.05, 0) is 36.4 Å². The number of para-hydroxylation sites is 4. The molecule has 0 fully saturated rings. The summed E-state index contributed by atoms with van der Waals surface area (Å²) in [5.74, 6) is 2.96. The number of benzene rings is 3. The summed E-state index contributed by atoms with van der Waals surface area (Å²) in [6.45, 7) is 0. The summed E-state index contributed by atoms with van der Waals surface area (Å²) < 4.78 is 13.1. The molecule has 148 valence electrons. The summed E-state index contributed by atoms with van der Waals surface area (Å²) in [5, 5.41) is 0. The summed E-state index contributed by atoms with van der Waals surface area (Å²) in [5.41, 5.74) is 4.53. The number of hydrogen-bond donors (Lipinski definition) is 1. The molecule has 0 unspecified atom stereocenters. The molecule has 6 nitrogen and oxygen atoms in total. The average molecular weight is 396 g/mol. The Morgan fingerprint density at radius 3 is 2.40 bits per heavy atom. The maximum atomic E-state index is 5.58. The van der Waals surface area contributed by atoms with Crippen LogP contribution < -0.4 is 9.47 Å². The lowest BCUT2D eigenvalue weighted by molar-refractivity contribution is 0.414. The molecule has 5 rings (SSSR count). The fourth-order valence-corrected chi connectivity index (χ4v) is 3.66. The second-order valence-corrected chi connectivity index (χ2v) is 6.79. The Hall–Kier alpha value is -4.06. The SMILES string of the molecule is COc1ccccc1/C=N/c1c(-c2ccccc2OC)nc2[nH]c3ccccc3n12. The van der Waals surface area contributed by atoms with Crippen LogP contribution in [0.5, 0.6) is 11.5 Å². The summed E-state index contributed by atoms with van der Waals surface area (Å²) in [4.78, 5) is 13.1. The first-order valence-corrected chi connectivity index (χ1v) is 9.60. The fourth-order valence-electron chi connectivity index (χ4n) is 3.66. The molecule has 0 radical (unpaired) electrons. The van der Waals surface area contributed by atoms with Crippen molar-refractivity contribution in [1.29, 1.82) is 0 Å². The number of imidazole rings is 2. The summed E-state index contributed by atoms with van der Waals surface area (Å²) in [6, 6.07) is 23.7. The Labute approximate surface area is 173 Å². The van der Waals surface area contributed by atoms with Gasteiger partial charge in [0.15, 0.2) is 5.82 Å². The Balaban J connectivity index is 1.78. The maximum absolute atomic E-state index is 5.58. The number of fused-ring (bicyclic) bond motifs is 3. The van der Waals surface area contributed by atoms with Gasteiger partial charge in [0.2, 0.25) is 5.78 Å². The maximum Gasteiger partial charge on any atom is 0.214 e. The zero-order chi connectivity index (χ0) is 20.5. The topological polar surface area (TPSA) is 63.9 Å². The Kier molecular flexibility index (Phi) is 4.44. The second-order valence-electron chi connectivity index (χ2n) is 6.79. The summed E-state index contributed by atoms with van der Waals surface area (Å²) in [6.07, 6.45) is 1.81. The Morgan fingerprint density at radius 1 is 0.867 bits per heavy atom. The summed E-state index contributed by atoms with van der Waals surface area (Å²) in [7, 11) is 3.32. The quantitative estimate of drug-likeness (QED) is 0.413. The molecule has 5 aromatic rings. The van der Waals surface area contributed by atoms with Crippen molar-refractivity contribution in [3.8, 4) is 22.8 Å². The van der Waals surface area contributed by atoms with E-state index in [0.29, 0.717) is 0 Å². The molecule has 3 aromatic carbocycles. The van der Waals surface area contributed by atoms with Crippen molar-refractivity contribution >= 4 is 28.8 Å². The molecule has 0 aliphatic heterocycles. The van der Waals surface area contributed by atoms with Gasteiger partial charge in [-0.3, -0.25) is 4.40 Å². The highest BCUT2D eigenvalue weighted by atomic mass is 16.5. The number of ether oxygens (including phenoxy) is 2. The highest BCUT2D eigenvalue weighted by Crippen LogP contribution is 2.38. The molecule has 2 aromatic heterocycles. The fraction of sp³-hybridized carbons (Fsp3) is 0.0833. The van der Waals surface area contributed by atoms with Gasteiger partial charge in [0, 0.05) is 17.3 Å². The first kappa shape index (κ1) is 18.0. The molecule has 1 N–H and O–H groups in total. The van der Waals surface area contributed by atoms with Crippen LogP contribution in [-0.4, -0.2) is 34.8 Å². The predicted molar refractivity (Wildman–Crippen MR) is 119 cm³/mol. The number of rotatable bonds is 5. The van der Waals surface area contributed by atoms with Crippen LogP contribution in [0.1, 0.15) is 5.56 Å². The van der Waals surface area contributed by atoms with Crippen LogP contribution in [0.25, 0.3) is 28.1 Å². The number of hydrogen-bond acceptors (Lipinski definition) is 4. The van der Waals surface area contributed by atoms with Gasteiger partial charge < -0.3 is 14.5 Å². The van der Waals surface area contributed by atoms with Crippen LogP contribution in [0.15, 0.2) is 77.8 Å². The lowest BCUT2D eigenvalue weighted by atomic mass is 10.1. The van der Waals surface area contributed by atoms with Crippen molar-refractivity contribution < 1.29 is 9.47 Å². The van der Waals surface area contributed by atoms with Gasteiger partial charge >= 0.3 is 0 Å². The molecule has 0 bridgehead atoms. The highest BCUT2D eigenvalue weighted by Gasteiger charge is 2.19. The zero-order valence-electron chi connectivity index (χ0n) is 16.7. The second kappa shape index (κ2) is 7.40. The van der Waals surface area contributed by atoms with Crippen molar-refractivity contribution in [3.05, 3.63) is 78.4 Å². The molecular weight excluding hydrogens is 376 g/mol. The zero-order valence-corrected chi connectivity index (χ0v) is 16.7. The molecule has 2 heterocycles. The van der Waals surface area contributed by atoms with Gasteiger partial charge in [0.1, 0.15) is 17.2 Å². The van der Waals surface area contributed by atoms with Crippen LogP contribution in [0.3, 0.4) is 0 Å². The van der Waals surface area contributed by atoms with Crippen LogP contribution in [-0.2, 0) is 0 Å². The first-order chi connectivity index (χ1) is 14.8. The van der Waals surface area contributed by atoms with Gasteiger partial charge in [-0.2, -0.15) is 0 Å². The number of nitrogens with zero attached hydrogens (tertiary/aromatic N) is 3. The average Bonchev–Trinajstić information content (AvgIpc) is 3.34. The predicted octanol–water partition coefficient (Wildman–Crippen LogP) is 5.25. The van der Waals surface area contributed by atoms with E-state index >= 15 is 0 Å². The minimum atomic E-state index is 0.720. The molecule has 0 aliphatic rings. The van der Waals surface area contributed by atoms with Gasteiger partial charge in [-0.25, -0.2) is 9.98 Å². The van der Waals surface area contributed by atoms with Crippen molar-refractivity contribution in [2.24, 2.45) is 4.99 Å². The molecule has 0 amide bonds. The lowest BCUT2D eigenvalue weighted by Gasteiger charge is -2.07. The van der Waals surface area contributed by atoms with E-state index < -0.39 is 0 Å². The lowest BCUT2D eigenvalue weighted by Crippen LogP contribution is -1.91. The minimum absolute atomic E-state index is 0.720. The third kappa shape index (κ3) is 2.90. The molecule has 0 saturated carbocycles. The van der Waals surface area contributed by atoms with E-state index in [1.165, 1.54) is 0 Å². The number of aliphatic imine (C=N–C) groups is 1.